The third kappa shape index (κ3) is 3.58. The third-order valence-electron chi connectivity index (χ3n) is 4.72. The average molecular weight is 260 g/mol. The zero-order valence-electron chi connectivity index (χ0n) is 12.6. The van der Waals surface area contributed by atoms with Crippen LogP contribution in [-0.2, 0) is 0 Å². The van der Waals surface area contributed by atoms with Crippen LogP contribution in [0.4, 0.5) is 0 Å². The highest BCUT2D eigenvalue weighted by atomic mass is 15.2. The molecular weight excluding hydrogens is 232 g/mol. The van der Waals surface area contributed by atoms with E-state index in [9.17, 15) is 0 Å². The monoisotopic (exact) mass is 260 g/mol. The fourth-order valence-electron chi connectivity index (χ4n) is 3.32. The van der Waals surface area contributed by atoms with Crippen LogP contribution in [0.2, 0.25) is 0 Å². The van der Waals surface area contributed by atoms with E-state index in [2.05, 4.69) is 61.3 Å². The topological polar surface area (TPSA) is 15.3 Å². The van der Waals surface area contributed by atoms with E-state index in [4.69, 9.17) is 0 Å². The van der Waals surface area contributed by atoms with Crippen LogP contribution in [0.3, 0.4) is 0 Å². The first-order chi connectivity index (χ1) is 9.26. The van der Waals surface area contributed by atoms with E-state index in [0.29, 0.717) is 12.1 Å². The number of rotatable bonds is 5. The van der Waals surface area contributed by atoms with Gasteiger partial charge in [-0.25, -0.2) is 0 Å². The minimum absolute atomic E-state index is 0.492. The molecule has 0 aromatic heterocycles. The second-order valence-electron chi connectivity index (χ2n) is 5.73. The zero-order valence-corrected chi connectivity index (χ0v) is 12.6. The van der Waals surface area contributed by atoms with E-state index in [1.165, 1.54) is 24.9 Å². The lowest BCUT2D eigenvalue weighted by molar-refractivity contribution is 0.109. The van der Waals surface area contributed by atoms with Crippen molar-refractivity contribution in [1.29, 1.82) is 0 Å². The van der Waals surface area contributed by atoms with Gasteiger partial charge in [0.05, 0.1) is 0 Å². The van der Waals surface area contributed by atoms with Crippen molar-refractivity contribution in [2.24, 2.45) is 5.92 Å². The van der Waals surface area contributed by atoms with Gasteiger partial charge in [-0.2, -0.15) is 0 Å². The predicted octanol–water partition coefficient (Wildman–Crippen LogP) is 3.46. The molecule has 1 fully saturated rings. The molecule has 0 spiro atoms. The van der Waals surface area contributed by atoms with Gasteiger partial charge < -0.3 is 5.32 Å². The van der Waals surface area contributed by atoms with Gasteiger partial charge in [0.1, 0.15) is 0 Å². The Kier molecular flexibility index (Phi) is 5.41. The Bertz CT molecular complexity index is 359. The van der Waals surface area contributed by atoms with Crippen molar-refractivity contribution < 1.29 is 0 Å². The molecule has 2 unspecified atom stereocenters. The predicted molar refractivity (Wildman–Crippen MR) is 82.3 cm³/mol. The second kappa shape index (κ2) is 7.06. The molecule has 1 aromatic rings. The molecule has 0 saturated carbocycles. The molecule has 2 rings (SSSR count). The Morgan fingerprint density at radius 2 is 1.89 bits per heavy atom. The molecule has 0 bridgehead atoms. The summed E-state index contributed by atoms with van der Waals surface area (Å²) in [6.45, 7) is 10.5. The summed E-state index contributed by atoms with van der Waals surface area (Å²) in [4.78, 5) is 2.67. The van der Waals surface area contributed by atoms with Crippen LogP contribution in [-0.4, -0.2) is 30.6 Å². The van der Waals surface area contributed by atoms with Crippen molar-refractivity contribution in [2.75, 3.05) is 19.6 Å². The van der Waals surface area contributed by atoms with Crippen LogP contribution in [0.25, 0.3) is 0 Å². The Labute approximate surface area is 118 Å². The lowest BCUT2D eigenvalue weighted by Gasteiger charge is -2.40. The molecule has 2 heteroatoms. The Morgan fingerprint density at radius 3 is 2.53 bits per heavy atom. The molecule has 2 nitrogen and oxygen atoms in total. The van der Waals surface area contributed by atoms with Crippen molar-refractivity contribution in [3.63, 3.8) is 0 Å². The number of piperazine rings is 1. The normalized spacial score (nSPS) is 22.6. The van der Waals surface area contributed by atoms with Gasteiger partial charge >= 0.3 is 0 Å². The van der Waals surface area contributed by atoms with Gasteiger partial charge in [0.25, 0.3) is 0 Å². The summed E-state index contributed by atoms with van der Waals surface area (Å²) in [5.74, 6) is 0.828. The molecule has 1 aromatic carbocycles. The van der Waals surface area contributed by atoms with Crippen molar-refractivity contribution >= 4 is 0 Å². The maximum Gasteiger partial charge on any atom is 0.0449 e. The van der Waals surface area contributed by atoms with Gasteiger partial charge in [-0.05, 0) is 18.4 Å². The first-order valence-corrected chi connectivity index (χ1v) is 7.78. The first kappa shape index (κ1) is 14.5. The second-order valence-corrected chi connectivity index (χ2v) is 5.73. The fourth-order valence-corrected chi connectivity index (χ4v) is 3.32. The lowest BCUT2D eigenvalue weighted by atomic mass is 9.92. The van der Waals surface area contributed by atoms with E-state index >= 15 is 0 Å². The molecule has 19 heavy (non-hydrogen) atoms. The molecule has 1 saturated heterocycles. The summed E-state index contributed by atoms with van der Waals surface area (Å²) in [6.07, 6.45) is 2.58. The minimum atomic E-state index is 0.492. The Morgan fingerprint density at radius 1 is 1.21 bits per heavy atom. The fraction of sp³-hybridized carbons (Fsp3) is 0.647. The van der Waals surface area contributed by atoms with Crippen LogP contribution >= 0.6 is 0 Å². The molecule has 1 N–H and O–H groups in total. The number of nitrogens with one attached hydrogen (secondary N) is 1. The van der Waals surface area contributed by atoms with Crippen molar-refractivity contribution in [3.05, 3.63) is 35.9 Å². The van der Waals surface area contributed by atoms with E-state index in [1.807, 2.05) is 0 Å². The van der Waals surface area contributed by atoms with Crippen LogP contribution < -0.4 is 5.32 Å². The molecule has 2 atom stereocenters. The molecule has 106 valence electrons. The van der Waals surface area contributed by atoms with E-state index < -0.39 is 0 Å². The summed E-state index contributed by atoms with van der Waals surface area (Å²) in [6, 6.07) is 12.0. The number of hydrogen-bond donors (Lipinski definition) is 1. The smallest absolute Gasteiger partial charge is 0.0449 e. The van der Waals surface area contributed by atoms with Gasteiger partial charge in [0.15, 0.2) is 0 Å². The quantitative estimate of drug-likeness (QED) is 0.872. The van der Waals surface area contributed by atoms with Crippen molar-refractivity contribution in [3.8, 4) is 0 Å². The molecule has 1 aliphatic heterocycles. The van der Waals surface area contributed by atoms with Crippen LogP contribution in [0.15, 0.2) is 30.3 Å². The molecule has 1 aliphatic rings. The largest absolute Gasteiger partial charge is 0.308 e. The molecular formula is C17H28N2. The van der Waals surface area contributed by atoms with Crippen LogP contribution in [0.1, 0.15) is 45.2 Å². The van der Waals surface area contributed by atoms with Gasteiger partial charge in [-0.15, -0.1) is 0 Å². The summed E-state index contributed by atoms with van der Waals surface area (Å²) in [5.41, 5.74) is 1.42. The zero-order chi connectivity index (χ0) is 13.7. The summed E-state index contributed by atoms with van der Waals surface area (Å²) in [5, 5.41) is 3.65. The number of hydrogen-bond acceptors (Lipinski definition) is 2. The van der Waals surface area contributed by atoms with Crippen LogP contribution in [0, 0.1) is 5.92 Å². The molecule has 0 radical (unpaired) electrons. The lowest BCUT2D eigenvalue weighted by Crippen LogP contribution is -2.51. The van der Waals surface area contributed by atoms with Gasteiger partial charge in [0.2, 0.25) is 0 Å². The maximum absolute atomic E-state index is 3.65. The van der Waals surface area contributed by atoms with Crippen molar-refractivity contribution in [2.45, 2.75) is 45.7 Å². The summed E-state index contributed by atoms with van der Waals surface area (Å²) >= 11 is 0. The highest BCUT2D eigenvalue weighted by molar-refractivity contribution is 5.19. The molecule has 0 aliphatic carbocycles. The average Bonchev–Trinajstić information content (AvgIpc) is 2.49. The van der Waals surface area contributed by atoms with E-state index in [1.54, 1.807) is 0 Å². The SMILES string of the molecule is CCC(CC)C(C)N1CCNC(c2ccccc2)C1. The summed E-state index contributed by atoms with van der Waals surface area (Å²) < 4.78 is 0. The van der Waals surface area contributed by atoms with Gasteiger partial charge in [0, 0.05) is 31.7 Å². The standard InChI is InChI=1S/C17H28N2/c1-4-15(5-2)14(3)19-12-11-18-17(13-19)16-9-7-6-8-10-16/h6-10,14-15,17-18H,4-5,11-13H2,1-3H3. The van der Waals surface area contributed by atoms with Crippen LogP contribution in [0.5, 0.6) is 0 Å². The highest BCUT2D eigenvalue weighted by Crippen LogP contribution is 2.23. The summed E-state index contributed by atoms with van der Waals surface area (Å²) in [7, 11) is 0. The Balaban J connectivity index is 2.01. The van der Waals surface area contributed by atoms with Crippen molar-refractivity contribution in [1.82, 2.24) is 10.2 Å². The number of benzene rings is 1. The van der Waals surface area contributed by atoms with Gasteiger partial charge in [-0.1, -0.05) is 57.0 Å². The molecule has 1 heterocycles. The van der Waals surface area contributed by atoms with E-state index in [0.717, 1.165) is 19.0 Å². The number of nitrogens with zero attached hydrogens (tertiary/aromatic N) is 1. The highest BCUT2D eigenvalue weighted by Gasteiger charge is 2.27. The van der Waals surface area contributed by atoms with E-state index in [-0.39, 0.29) is 0 Å². The van der Waals surface area contributed by atoms with Gasteiger partial charge in [-0.3, -0.25) is 4.90 Å². The Hall–Kier alpha value is -0.860. The third-order valence-corrected chi connectivity index (χ3v) is 4.72. The first-order valence-electron chi connectivity index (χ1n) is 7.78. The maximum atomic E-state index is 3.65. The molecule has 0 amide bonds. The minimum Gasteiger partial charge on any atom is -0.308 e.